The number of likely N-dealkylation sites (N-methyl/N-ethyl adjacent to an activating group) is 1. The van der Waals surface area contributed by atoms with Crippen molar-refractivity contribution >= 4 is 5.91 Å². The maximum atomic E-state index is 13.8. The van der Waals surface area contributed by atoms with E-state index in [4.69, 9.17) is 4.74 Å². The minimum atomic E-state index is -2.87. The minimum absolute atomic E-state index is 0.0152. The summed E-state index contributed by atoms with van der Waals surface area (Å²) >= 11 is 0. The van der Waals surface area contributed by atoms with Crippen molar-refractivity contribution in [2.75, 3.05) is 13.7 Å². The predicted molar refractivity (Wildman–Crippen MR) is 87.1 cm³/mol. The number of alkyl halides is 2. The molecule has 8 heteroatoms. The first-order chi connectivity index (χ1) is 11.9. The summed E-state index contributed by atoms with van der Waals surface area (Å²) in [5, 5.41) is 23.0. The zero-order valence-electron chi connectivity index (χ0n) is 14.2. The fourth-order valence-corrected chi connectivity index (χ4v) is 3.28. The highest BCUT2D eigenvalue weighted by Gasteiger charge is 2.54. The average Bonchev–Trinajstić information content (AvgIpc) is 2.60. The molecule has 5 atom stereocenters. The second-order valence-electron chi connectivity index (χ2n) is 5.94. The Morgan fingerprint density at radius 1 is 1.28 bits per heavy atom. The number of nitrogens with one attached hydrogen (secondary N) is 1. The highest BCUT2D eigenvalue weighted by atomic mass is 19.3. The number of piperidine rings is 1. The Kier molecular flexibility index (Phi) is 6.83. The van der Waals surface area contributed by atoms with Crippen LogP contribution in [-0.4, -0.2) is 71.5 Å². The number of likely N-dealkylation sites (tertiary alicyclic amines) is 1. The predicted octanol–water partition coefficient (Wildman–Crippen LogP) is 0.377. The van der Waals surface area contributed by atoms with Gasteiger partial charge in [0.15, 0.2) is 0 Å². The normalized spacial score (nSPS) is 30.4. The molecule has 1 aliphatic heterocycles. The van der Waals surface area contributed by atoms with Gasteiger partial charge in [-0.05, 0) is 12.5 Å². The molecule has 0 bridgehead atoms. The summed E-state index contributed by atoms with van der Waals surface area (Å²) in [6.07, 6.45) is -7.30. The highest BCUT2D eigenvalue weighted by Crippen LogP contribution is 2.32. The summed E-state index contributed by atoms with van der Waals surface area (Å²) in [6.45, 7) is 1.73. The highest BCUT2D eigenvalue weighted by molar-refractivity contribution is 5.82. The number of nitrogens with zero attached hydrogens (tertiary/aromatic N) is 1. The van der Waals surface area contributed by atoms with E-state index in [1.165, 1.54) is 11.9 Å². The average molecular weight is 358 g/mol. The molecule has 2 rings (SSSR count). The quantitative estimate of drug-likeness (QED) is 0.685. The van der Waals surface area contributed by atoms with Gasteiger partial charge in [0, 0.05) is 20.2 Å². The molecule has 5 unspecified atom stereocenters. The van der Waals surface area contributed by atoms with Crippen molar-refractivity contribution in [3.05, 3.63) is 35.9 Å². The lowest BCUT2D eigenvalue weighted by molar-refractivity contribution is -0.207. The lowest BCUT2D eigenvalue weighted by atomic mass is 9.86. The lowest BCUT2D eigenvalue weighted by Crippen LogP contribution is -2.71. The van der Waals surface area contributed by atoms with Gasteiger partial charge in [-0.2, -0.15) is 0 Å². The van der Waals surface area contributed by atoms with Gasteiger partial charge in [-0.3, -0.25) is 9.69 Å². The van der Waals surface area contributed by atoms with E-state index in [1.54, 1.807) is 37.3 Å². The van der Waals surface area contributed by atoms with E-state index in [0.717, 1.165) is 0 Å². The fourth-order valence-electron chi connectivity index (χ4n) is 3.28. The van der Waals surface area contributed by atoms with Crippen LogP contribution >= 0.6 is 0 Å². The minimum Gasteiger partial charge on any atom is -0.388 e. The van der Waals surface area contributed by atoms with E-state index in [9.17, 15) is 23.8 Å². The Morgan fingerprint density at radius 2 is 1.92 bits per heavy atom. The van der Waals surface area contributed by atoms with E-state index in [-0.39, 0.29) is 13.2 Å². The van der Waals surface area contributed by atoms with Crippen LogP contribution in [0.25, 0.3) is 0 Å². The Morgan fingerprint density at radius 3 is 2.44 bits per heavy atom. The van der Waals surface area contributed by atoms with Crippen LogP contribution < -0.4 is 5.32 Å². The molecule has 1 fully saturated rings. The van der Waals surface area contributed by atoms with Gasteiger partial charge < -0.3 is 20.3 Å². The van der Waals surface area contributed by atoms with Crippen molar-refractivity contribution in [2.45, 2.75) is 50.3 Å². The SMILES string of the molecule is CCOC1C(O)C(O)C(C(=O)NC)N(Cc2ccccc2)C1C(F)F. The van der Waals surface area contributed by atoms with Crippen LogP contribution in [0.15, 0.2) is 30.3 Å². The molecule has 25 heavy (non-hydrogen) atoms. The maximum Gasteiger partial charge on any atom is 0.256 e. The second kappa shape index (κ2) is 8.66. The maximum absolute atomic E-state index is 13.8. The molecule has 0 aliphatic carbocycles. The summed E-state index contributed by atoms with van der Waals surface area (Å²) < 4.78 is 33.0. The van der Waals surface area contributed by atoms with Gasteiger partial charge in [-0.15, -0.1) is 0 Å². The van der Waals surface area contributed by atoms with Crippen LogP contribution in [0.2, 0.25) is 0 Å². The van der Waals surface area contributed by atoms with Crippen molar-refractivity contribution in [3.63, 3.8) is 0 Å². The molecule has 3 N–H and O–H groups in total. The Balaban J connectivity index is 2.44. The van der Waals surface area contributed by atoms with Crippen LogP contribution in [0.1, 0.15) is 12.5 Å². The Bertz CT molecular complexity index is 561. The Hall–Kier alpha value is -1.61. The van der Waals surface area contributed by atoms with Crippen LogP contribution in [0.5, 0.6) is 0 Å². The largest absolute Gasteiger partial charge is 0.388 e. The standard InChI is InChI=1S/C17H24F2N2O4/c1-3-25-15-12(16(18)19)21(9-10-7-5-4-6-8-10)11(17(24)20-2)13(22)14(15)23/h4-8,11-16,22-23H,3,9H2,1-2H3,(H,20,24). The molecule has 1 heterocycles. The number of aliphatic hydroxyl groups is 2. The third-order valence-electron chi connectivity index (χ3n) is 4.43. The molecule has 1 saturated heterocycles. The number of aliphatic hydroxyl groups excluding tert-OH is 2. The summed E-state index contributed by atoms with van der Waals surface area (Å²) in [7, 11) is 1.36. The number of halogens is 2. The summed E-state index contributed by atoms with van der Waals surface area (Å²) in [6, 6.07) is 5.97. The zero-order chi connectivity index (χ0) is 18.6. The number of hydrogen-bond donors (Lipinski definition) is 3. The number of benzene rings is 1. The van der Waals surface area contributed by atoms with Crippen LogP contribution in [-0.2, 0) is 16.1 Å². The second-order valence-corrected chi connectivity index (χ2v) is 5.94. The third-order valence-corrected chi connectivity index (χ3v) is 4.43. The van der Waals surface area contributed by atoms with E-state index < -0.39 is 42.7 Å². The van der Waals surface area contributed by atoms with Crippen LogP contribution in [0.3, 0.4) is 0 Å². The molecule has 1 aliphatic rings. The van der Waals surface area contributed by atoms with Crippen LogP contribution in [0.4, 0.5) is 8.78 Å². The van der Waals surface area contributed by atoms with Gasteiger partial charge >= 0.3 is 0 Å². The van der Waals surface area contributed by atoms with Crippen molar-refractivity contribution in [2.24, 2.45) is 0 Å². The number of carbonyl (C=O) groups is 1. The number of amides is 1. The molecule has 0 aromatic heterocycles. The summed E-state index contributed by atoms with van der Waals surface area (Å²) in [5.41, 5.74) is 0.709. The van der Waals surface area contributed by atoms with Crippen LogP contribution in [0, 0.1) is 0 Å². The number of hydrogen-bond acceptors (Lipinski definition) is 5. The number of ether oxygens (including phenoxy) is 1. The van der Waals surface area contributed by atoms with Gasteiger partial charge in [0.2, 0.25) is 5.91 Å². The monoisotopic (exact) mass is 358 g/mol. The smallest absolute Gasteiger partial charge is 0.256 e. The van der Waals surface area contributed by atoms with Crippen molar-refractivity contribution in [1.29, 1.82) is 0 Å². The van der Waals surface area contributed by atoms with Crippen molar-refractivity contribution < 1.29 is 28.5 Å². The van der Waals surface area contributed by atoms with Gasteiger partial charge in [-0.25, -0.2) is 8.78 Å². The van der Waals surface area contributed by atoms with Crippen molar-refractivity contribution in [1.82, 2.24) is 10.2 Å². The molecule has 1 aromatic rings. The lowest BCUT2D eigenvalue weighted by Gasteiger charge is -2.49. The molecule has 6 nitrogen and oxygen atoms in total. The first-order valence-corrected chi connectivity index (χ1v) is 8.19. The topological polar surface area (TPSA) is 82.0 Å². The number of rotatable bonds is 6. The first kappa shape index (κ1) is 19.7. The third kappa shape index (κ3) is 4.14. The fraction of sp³-hybridized carbons (Fsp3) is 0.588. The molecule has 0 spiro atoms. The van der Waals surface area contributed by atoms with E-state index in [0.29, 0.717) is 5.56 Å². The van der Waals surface area contributed by atoms with Crippen molar-refractivity contribution in [3.8, 4) is 0 Å². The molecule has 0 radical (unpaired) electrons. The molecule has 1 aromatic carbocycles. The first-order valence-electron chi connectivity index (χ1n) is 8.19. The Labute approximate surface area is 145 Å². The van der Waals surface area contributed by atoms with Gasteiger partial charge in [-0.1, -0.05) is 30.3 Å². The molecular formula is C17H24F2N2O4. The van der Waals surface area contributed by atoms with E-state index >= 15 is 0 Å². The molecule has 1 amide bonds. The molecule has 140 valence electrons. The van der Waals surface area contributed by atoms with Gasteiger partial charge in [0.05, 0.1) is 0 Å². The van der Waals surface area contributed by atoms with E-state index in [2.05, 4.69) is 5.32 Å². The van der Waals surface area contributed by atoms with E-state index in [1.807, 2.05) is 0 Å². The van der Waals surface area contributed by atoms with Gasteiger partial charge in [0.1, 0.15) is 30.4 Å². The molecular weight excluding hydrogens is 334 g/mol. The summed E-state index contributed by atoms with van der Waals surface area (Å²) in [5.74, 6) is -0.636. The number of carbonyl (C=O) groups excluding carboxylic acids is 1. The zero-order valence-corrected chi connectivity index (χ0v) is 14.2. The van der Waals surface area contributed by atoms with Gasteiger partial charge in [0.25, 0.3) is 6.43 Å². The summed E-state index contributed by atoms with van der Waals surface area (Å²) in [4.78, 5) is 13.5. The molecule has 0 saturated carbocycles.